The number of carbonyl (C=O) groups is 1. The molecule has 6 nitrogen and oxygen atoms in total. The summed E-state index contributed by atoms with van der Waals surface area (Å²) in [5.74, 6) is 1.19. The standard InChI is InChI=1S/C27H22ClNO5/c1-31-23-11-4-18(15-25(23)32-2)6-13-27(30)34-24-12-5-19(16-26(24)33-3)14-21(17-29)20-7-9-22(28)10-8-20/h4-16H,1-3H3/b13-6+,21-14+. The van der Waals surface area contributed by atoms with Gasteiger partial charge in [0, 0.05) is 11.1 Å². The summed E-state index contributed by atoms with van der Waals surface area (Å²) >= 11 is 5.93. The van der Waals surface area contributed by atoms with Crippen LogP contribution in [0.5, 0.6) is 23.0 Å². The van der Waals surface area contributed by atoms with Crippen LogP contribution in [-0.2, 0) is 4.79 Å². The molecule has 172 valence electrons. The van der Waals surface area contributed by atoms with Gasteiger partial charge in [-0.3, -0.25) is 0 Å². The third kappa shape index (κ3) is 6.18. The minimum atomic E-state index is -0.574. The SMILES string of the molecule is COc1ccc(/C=C/C(=O)Oc2ccc(/C=C(\C#N)c3ccc(Cl)cc3)cc2OC)cc1OC. The first-order valence-corrected chi connectivity index (χ1v) is 10.5. The number of carbonyl (C=O) groups excluding carboxylic acids is 1. The van der Waals surface area contributed by atoms with Crippen LogP contribution in [-0.4, -0.2) is 27.3 Å². The maximum atomic E-state index is 12.4. The van der Waals surface area contributed by atoms with Crippen molar-refractivity contribution in [3.63, 3.8) is 0 Å². The van der Waals surface area contributed by atoms with Crippen molar-refractivity contribution in [1.29, 1.82) is 5.26 Å². The van der Waals surface area contributed by atoms with Gasteiger partial charge in [-0.15, -0.1) is 0 Å². The summed E-state index contributed by atoms with van der Waals surface area (Å²) in [7, 11) is 4.57. The summed E-state index contributed by atoms with van der Waals surface area (Å²) in [5.41, 5.74) is 2.65. The topological polar surface area (TPSA) is 77.8 Å². The molecule has 0 bridgehead atoms. The molecule has 0 fully saturated rings. The number of methoxy groups -OCH3 is 3. The lowest BCUT2D eigenvalue weighted by molar-refractivity contribution is -0.129. The number of ether oxygens (including phenoxy) is 4. The van der Waals surface area contributed by atoms with Gasteiger partial charge in [-0.05, 0) is 65.2 Å². The van der Waals surface area contributed by atoms with Gasteiger partial charge in [-0.1, -0.05) is 35.9 Å². The third-order valence-corrected chi connectivity index (χ3v) is 5.06. The number of hydrogen-bond acceptors (Lipinski definition) is 6. The molecule has 0 saturated carbocycles. The van der Waals surface area contributed by atoms with Gasteiger partial charge >= 0.3 is 5.97 Å². The van der Waals surface area contributed by atoms with Gasteiger partial charge in [0.15, 0.2) is 23.0 Å². The number of esters is 1. The molecule has 0 heterocycles. The second-order valence-corrected chi connectivity index (χ2v) is 7.39. The van der Waals surface area contributed by atoms with Gasteiger partial charge in [0.1, 0.15) is 0 Å². The summed E-state index contributed by atoms with van der Waals surface area (Å²) in [4.78, 5) is 12.4. The molecule has 34 heavy (non-hydrogen) atoms. The smallest absolute Gasteiger partial charge is 0.336 e. The Morgan fingerprint density at radius 1 is 0.824 bits per heavy atom. The predicted octanol–water partition coefficient (Wildman–Crippen LogP) is 6.05. The molecule has 7 heteroatoms. The summed E-state index contributed by atoms with van der Waals surface area (Å²) < 4.78 is 21.3. The predicted molar refractivity (Wildman–Crippen MR) is 132 cm³/mol. The molecule has 0 atom stereocenters. The fraction of sp³-hybridized carbons (Fsp3) is 0.111. The van der Waals surface area contributed by atoms with E-state index in [1.54, 1.807) is 87.0 Å². The molecule has 3 aromatic carbocycles. The molecule has 0 radical (unpaired) electrons. The molecule has 0 saturated heterocycles. The van der Waals surface area contributed by atoms with Gasteiger partial charge in [0.05, 0.1) is 33.0 Å². The zero-order valence-electron chi connectivity index (χ0n) is 18.9. The minimum absolute atomic E-state index is 0.256. The third-order valence-electron chi connectivity index (χ3n) is 4.80. The van der Waals surface area contributed by atoms with Crippen molar-refractivity contribution in [2.24, 2.45) is 0 Å². The van der Waals surface area contributed by atoms with Crippen molar-refractivity contribution in [1.82, 2.24) is 0 Å². The van der Waals surface area contributed by atoms with Crippen LogP contribution in [0.2, 0.25) is 5.02 Å². The Bertz CT molecular complexity index is 1270. The lowest BCUT2D eigenvalue weighted by atomic mass is 10.0. The average molecular weight is 476 g/mol. The van der Waals surface area contributed by atoms with Crippen LogP contribution in [0, 0.1) is 11.3 Å². The van der Waals surface area contributed by atoms with Crippen LogP contribution in [0.1, 0.15) is 16.7 Å². The van der Waals surface area contributed by atoms with Crippen molar-refractivity contribution in [2.75, 3.05) is 21.3 Å². The lowest BCUT2D eigenvalue weighted by Crippen LogP contribution is -2.05. The van der Waals surface area contributed by atoms with Crippen LogP contribution in [0.25, 0.3) is 17.7 Å². The highest BCUT2D eigenvalue weighted by molar-refractivity contribution is 6.30. The summed E-state index contributed by atoms with van der Waals surface area (Å²) in [5, 5.41) is 10.1. The van der Waals surface area contributed by atoms with E-state index in [9.17, 15) is 10.1 Å². The number of hydrogen-bond donors (Lipinski definition) is 0. The second-order valence-electron chi connectivity index (χ2n) is 6.96. The monoisotopic (exact) mass is 475 g/mol. The highest BCUT2D eigenvalue weighted by atomic mass is 35.5. The molecule has 0 spiro atoms. The maximum Gasteiger partial charge on any atom is 0.336 e. The Morgan fingerprint density at radius 3 is 2.06 bits per heavy atom. The van der Waals surface area contributed by atoms with Gasteiger partial charge < -0.3 is 18.9 Å². The zero-order chi connectivity index (χ0) is 24.5. The molecule has 0 N–H and O–H groups in total. The van der Waals surface area contributed by atoms with Crippen LogP contribution in [0.15, 0.2) is 66.7 Å². The molecule has 0 aromatic heterocycles. The molecular formula is C27H22ClNO5. The Kier molecular flexibility index (Phi) is 8.33. The van der Waals surface area contributed by atoms with Crippen molar-refractivity contribution >= 4 is 35.3 Å². The Balaban J connectivity index is 1.77. The normalized spacial score (nSPS) is 11.1. The van der Waals surface area contributed by atoms with E-state index < -0.39 is 5.97 Å². The van der Waals surface area contributed by atoms with Crippen molar-refractivity contribution in [3.8, 4) is 29.1 Å². The fourth-order valence-electron chi connectivity index (χ4n) is 3.10. The Labute approximate surface area is 203 Å². The maximum absolute atomic E-state index is 12.4. The molecule has 0 amide bonds. The largest absolute Gasteiger partial charge is 0.493 e. The van der Waals surface area contributed by atoms with E-state index in [1.165, 1.54) is 13.2 Å². The van der Waals surface area contributed by atoms with E-state index in [0.29, 0.717) is 33.4 Å². The number of rotatable bonds is 8. The minimum Gasteiger partial charge on any atom is -0.493 e. The highest BCUT2D eigenvalue weighted by Gasteiger charge is 2.10. The summed E-state index contributed by atoms with van der Waals surface area (Å²) in [6.07, 6.45) is 4.64. The van der Waals surface area contributed by atoms with Gasteiger partial charge in [-0.2, -0.15) is 5.26 Å². The number of halogens is 1. The van der Waals surface area contributed by atoms with E-state index in [2.05, 4.69) is 6.07 Å². The van der Waals surface area contributed by atoms with Crippen LogP contribution in [0.4, 0.5) is 0 Å². The van der Waals surface area contributed by atoms with E-state index in [0.717, 1.165) is 11.1 Å². The van der Waals surface area contributed by atoms with Gasteiger partial charge in [0.2, 0.25) is 0 Å². The summed E-state index contributed by atoms with van der Waals surface area (Å²) in [6, 6.07) is 19.5. The van der Waals surface area contributed by atoms with Crippen LogP contribution < -0.4 is 18.9 Å². The van der Waals surface area contributed by atoms with Crippen LogP contribution >= 0.6 is 11.6 Å². The number of benzene rings is 3. The van der Waals surface area contributed by atoms with Crippen molar-refractivity contribution < 1.29 is 23.7 Å². The molecular weight excluding hydrogens is 454 g/mol. The molecule has 0 aliphatic carbocycles. The van der Waals surface area contributed by atoms with E-state index in [1.807, 2.05) is 0 Å². The second kappa shape index (κ2) is 11.6. The highest BCUT2D eigenvalue weighted by Crippen LogP contribution is 2.31. The van der Waals surface area contributed by atoms with Crippen molar-refractivity contribution in [2.45, 2.75) is 0 Å². The fourth-order valence-corrected chi connectivity index (χ4v) is 3.22. The number of nitrogens with zero attached hydrogens (tertiary/aromatic N) is 1. The number of allylic oxidation sites excluding steroid dienone is 1. The van der Waals surface area contributed by atoms with Gasteiger partial charge in [-0.25, -0.2) is 4.79 Å². The zero-order valence-corrected chi connectivity index (χ0v) is 19.6. The quantitative estimate of drug-likeness (QED) is 0.130. The van der Waals surface area contributed by atoms with Gasteiger partial charge in [0.25, 0.3) is 0 Å². The molecule has 3 rings (SSSR count). The van der Waals surface area contributed by atoms with E-state index in [4.69, 9.17) is 30.5 Å². The Morgan fingerprint density at radius 2 is 1.41 bits per heavy atom. The summed E-state index contributed by atoms with van der Waals surface area (Å²) in [6.45, 7) is 0. The first-order valence-electron chi connectivity index (χ1n) is 10.1. The molecule has 0 aliphatic heterocycles. The average Bonchev–Trinajstić information content (AvgIpc) is 2.87. The molecule has 3 aromatic rings. The Hall–Kier alpha value is -4.21. The molecule has 0 unspecified atom stereocenters. The van der Waals surface area contributed by atoms with Crippen molar-refractivity contribution in [3.05, 3.63) is 88.5 Å². The number of nitriles is 1. The first kappa shape index (κ1) is 24.4. The lowest BCUT2D eigenvalue weighted by Gasteiger charge is -2.09. The first-order chi connectivity index (χ1) is 16.5. The van der Waals surface area contributed by atoms with E-state index in [-0.39, 0.29) is 5.75 Å². The van der Waals surface area contributed by atoms with E-state index >= 15 is 0 Å². The van der Waals surface area contributed by atoms with Crippen LogP contribution in [0.3, 0.4) is 0 Å². The molecule has 0 aliphatic rings.